The van der Waals surface area contributed by atoms with E-state index >= 15 is 0 Å². The zero-order valence-electron chi connectivity index (χ0n) is 11.5. The first-order valence-corrected chi connectivity index (χ1v) is 6.95. The minimum atomic E-state index is -0.0371. The highest BCUT2D eigenvalue weighted by Gasteiger charge is 2.35. The van der Waals surface area contributed by atoms with Gasteiger partial charge in [0.1, 0.15) is 0 Å². The summed E-state index contributed by atoms with van der Waals surface area (Å²) in [5, 5.41) is 0. The van der Waals surface area contributed by atoms with E-state index in [1.807, 2.05) is 36.4 Å². The van der Waals surface area contributed by atoms with Crippen LogP contribution in [0.4, 0.5) is 0 Å². The van der Waals surface area contributed by atoms with Crippen molar-refractivity contribution in [1.29, 1.82) is 0 Å². The minimum absolute atomic E-state index is 0.0371. The number of nitrogens with zero attached hydrogens (tertiary/aromatic N) is 2. The van der Waals surface area contributed by atoms with Gasteiger partial charge in [-0.15, -0.1) is 13.2 Å². The molecule has 0 fully saturated rings. The molecule has 0 N–H and O–H groups in total. The Morgan fingerprint density at radius 1 is 1.05 bits per heavy atom. The fraction of sp³-hybridized carbons (Fsp3) is 0.222. The third-order valence-corrected chi connectivity index (χ3v) is 3.95. The van der Waals surface area contributed by atoms with Crippen molar-refractivity contribution >= 4 is 17.1 Å². The lowest BCUT2D eigenvalue weighted by Crippen LogP contribution is -2.29. The van der Waals surface area contributed by atoms with Gasteiger partial charge in [0.2, 0.25) is 0 Å². The van der Waals surface area contributed by atoms with Crippen molar-refractivity contribution in [1.82, 2.24) is 9.97 Å². The van der Waals surface area contributed by atoms with Gasteiger partial charge in [0, 0.05) is 5.41 Å². The molecule has 2 heteroatoms. The van der Waals surface area contributed by atoms with Crippen LogP contribution in [0.3, 0.4) is 0 Å². The van der Waals surface area contributed by atoms with Gasteiger partial charge in [-0.1, -0.05) is 30.4 Å². The maximum atomic E-state index is 4.90. The summed E-state index contributed by atoms with van der Waals surface area (Å²) in [6.45, 7) is 7.82. The molecule has 0 atom stereocenters. The Morgan fingerprint density at radius 3 is 2.35 bits per heavy atom. The van der Waals surface area contributed by atoms with Crippen LogP contribution in [0.2, 0.25) is 0 Å². The van der Waals surface area contributed by atoms with Crippen LogP contribution >= 0.6 is 0 Å². The zero-order chi connectivity index (χ0) is 14.0. The van der Waals surface area contributed by atoms with E-state index in [2.05, 4.69) is 25.3 Å². The van der Waals surface area contributed by atoms with Gasteiger partial charge in [0.05, 0.1) is 22.4 Å². The third-order valence-electron chi connectivity index (χ3n) is 3.95. The molecule has 0 unspecified atom stereocenters. The SMILES string of the molecule is C=CCC1(CC=C)CC=Cc2nc3ccccc3nc21. The third kappa shape index (κ3) is 1.97. The first-order chi connectivity index (χ1) is 9.79. The van der Waals surface area contributed by atoms with E-state index in [1.54, 1.807) is 0 Å². The van der Waals surface area contributed by atoms with Crippen LogP contribution in [-0.4, -0.2) is 9.97 Å². The Kier molecular flexibility index (Phi) is 3.23. The predicted molar refractivity (Wildman–Crippen MR) is 84.5 cm³/mol. The summed E-state index contributed by atoms with van der Waals surface area (Å²) in [6.07, 6.45) is 11.0. The van der Waals surface area contributed by atoms with Gasteiger partial charge in [0.15, 0.2) is 0 Å². The van der Waals surface area contributed by atoms with Crippen molar-refractivity contribution in [3.8, 4) is 0 Å². The fourth-order valence-corrected chi connectivity index (χ4v) is 3.01. The standard InChI is InChI=1S/C18H18N2/c1-3-11-18(12-4-2)13-7-10-16-17(18)20-15-9-6-5-8-14(15)19-16/h3-10H,1-2,11-13H2. The van der Waals surface area contributed by atoms with Crippen LogP contribution in [0.25, 0.3) is 17.1 Å². The first kappa shape index (κ1) is 12.8. The lowest BCUT2D eigenvalue weighted by Gasteiger charge is -2.33. The number of hydrogen-bond acceptors (Lipinski definition) is 2. The van der Waals surface area contributed by atoms with E-state index in [0.29, 0.717) is 0 Å². The van der Waals surface area contributed by atoms with Crippen molar-refractivity contribution in [3.05, 3.63) is 67.0 Å². The summed E-state index contributed by atoms with van der Waals surface area (Å²) in [5.74, 6) is 0. The molecule has 2 nitrogen and oxygen atoms in total. The van der Waals surface area contributed by atoms with Crippen molar-refractivity contribution in [2.75, 3.05) is 0 Å². The summed E-state index contributed by atoms with van der Waals surface area (Å²) in [4.78, 5) is 9.65. The van der Waals surface area contributed by atoms with Crippen LogP contribution in [0.5, 0.6) is 0 Å². The van der Waals surface area contributed by atoms with Gasteiger partial charge in [-0.05, 0) is 37.5 Å². The Bertz CT molecular complexity index is 688. The average Bonchev–Trinajstić information content (AvgIpc) is 2.46. The molecule has 1 aromatic carbocycles. The van der Waals surface area contributed by atoms with Crippen LogP contribution in [0.1, 0.15) is 30.7 Å². The number of benzene rings is 1. The highest BCUT2D eigenvalue weighted by molar-refractivity contribution is 5.76. The van der Waals surface area contributed by atoms with E-state index in [9.17, 15) is 0 Å². The molecule has 0 saturated heterocycles. The molecule has 1 aromatic heterocycles. The van der Waals surface area contributed by atoms with Crippen molar-refractivity contribution in [2.24, 2.45) is 0 Å². The molecule has 0 bridgehead atoms. The van der Waals surface area contributed by atoms with Gasteiger partial charge < -0.3 is 0 Å². The van der Waals surface area contributed by atoms with Crippen molar-refractivity contribution < 1.29 is 0 Å². The second-order valence-electron chi connectivity index (χ2n) is 5.32. The van der Waals surface area contributed by atoms with Crippen LogP contribution in [0.15, 0.2) is 55.7 Å². The quantitative estimate of drug-likeness (QED) is 0.761. The average molecular weight is 262 g/mol. The Labute approximate surface area is 119 Å². The molecule has 0 radical (unpaired) electrons. The van der Waals surface area contributed by atoms with Crippen LogP contribution in [0, 0.1) is 0 Å². The maximum Gasteiger partial charge on any atom is 0.0894 e. The normalized spacial score (nSPS) is 15.8. The lowest BCUT2D eigenvalue weighted by molar-refractivity contribution is 0.423. The molecule has 0 amide bonds. The topological polar surface area (TPSA) is 25.8 Å². The smallest absolute Gasteiger partial charge is 0.0894 e. The van der Waals surface area contributed by atoms with E-state index < -0.39 is 0 Å². The van der Waals surface area contributed by atoms with E-state index in [4.69, 9.17) is 9.97 Å². The Hall–Kier alpha value is -2.22. The first-order valence-electron chi connectivity index (χ1n) is 6.95. The summed E-state index contributed by atoms with van der Waals surface area (Å²) in [6, 6.07) is 8.03. The number of aromatic nitrogens is 2. The molecule has 20 heavy (non-hydrogen) atoms. The highest BCUT2D eigenvalue weighted by Crippen LogP contribution is 2.40. The van der Waals surface area contributed by atoms with Gasteiger partial charge in [-0.25, -0.2) is 9.97 Å². The van der Waals surface area contributed by atoms with E-state index in [0.717, 1.165) is 41.7 Å². The van der Waals surface area contributed by atoms with E-state index in [1.165, 1.54) is 0 Å². The van der Waals surface area contributed by atoms with Crippen molar-refractivity contribution in [3.63, 3.8) is 0 Å². The minimum Gasteiger partial charge on any atom is -0.248 e. The molecule has 3 rings (SSSR count). The monoisotopic (exact) mass is 262 g/mol. The number of para-hydroxylation sites is 2. The van der Waals surface area contributed by atoms with Crippen LogP contribution in [-0.2, 0) is 5.41 Å². The van der Waals surface area contributed by atoms with Gasteiger partial charge in [-0.2, -0.15) is 0 Å². The molecule has 1 aliphatic carbocycles. The molecule has 0 saturated carbocycles. The lowest BCUT2D eigenvalue weighted by atomic mass is 9.72. The van der Waals surface area contributed by atoms with Gasteiger partial charge in [0.25, 0.3) is 0 Å². The number of fused-ring (bicyclic) bond motifs is 2. The molecule has 0 spiro atoms. The summed E-state index contributed by atoms with van der Waals surface area (Å²) in [7, 11) is 0. The largest absolute Gasteiger partial charge is 0.248 e. The van der Waals surface area contributed by atoms with Gasteiger partial charge in [-0.3, -0.25) is 0 Å². The molecule has 100 valence electrons. The molecule has 1 heterocycles. The number of rotatable bonds is 4. The summed E-state index contributed by atoms with van der Waals surface area (Å²) >= 11 is 0. The van der Waals surface area contributed by atoms with Crippen molar-refractivity contribution in [2.45, 2.75) is 24.7 Å². The fourth-order valence-electron chi connectivity index (χ4n) is 3.01. The zero-order valence-corrected chi connectivity index (χ0v) is 11.5. The summed E-state index contributed by atoms with van der Waals surface area (Å²) < 4.78 is 0. The Morgan fingerprint density at radius 2 is 1.70 bits per heavy atom. The molecule has 0 aliphatic heterocycles. The second kappa shape index (κ2) is 5.04. The Balaban J connectivity index is 2.24. The summed E-state index contributed by atoms with van der Waals surface area (Å²) in [5.41, 5.74) is 3.94. The molecule has 1 aliphatic rings. The number of allylic oxidation sites excluding steroid dienone is 3. The maximum absolute atomic E-state index is 4.90. The highest BCUT2D eigenvalue weighted by atomic mass is 14.8. The van der Waals surface area contributed by atoms with Gasteiger partial charge >= 0.3 is 0 Å². The van der Waals surface area contributed by atoms with Crippen LogP contribution < -0.4 is 0 Å². The molecule has 2 aromatic rings. The molecular weight excluding hydrogens is 244 g/mol. The predicted octanol–water partition coefficient (Wildman–Crippen LogP) is 4.44. The molecular formula is C18H18N2. The number of hydrogen-bond donors (Lipinski definition) is 0. The van der Waals surface area contributed by atoms with E-state index in [-0.39, 0.29) is 5.41 Å². The second-order valence-corrected chi connectivity index (χ2v) is 5.32.